The van der Waals surface area contributed by atoms with Crippen molar-refractivity contribution in [2.75, 3.05) is 6.61 Å². The standard InChI is InChI=1S/C6H14O12P2/c7-3-2(1-16-19(10,11)12)17-6(5(9)4(3)8)18-20(13,14)15/h2-9H,1H2,(H2,10,11,12)(H2,13,14,15)/t2?,3-,4?,5+,6+/m1/s1. The van der Waals surface area contributed by atoms with E-state index in [1.807, 2.05) is 0 Å². The number of phosphoric acid groups is 2. The van der Waals surface area contributed by atoms with Gasteiger partial charge in [-0.25, -0.2) is 9.13 Å². The molecule has 0 radical (unpaired) electrons. The fraction of sp³-hybridized carbons (Fsp3) is 1.00. The third kappa shape index (κ3) is 5.45. The molecule has 1 saturated heterocycles. The van der Waals surface area contributed by atoms with Crippen molar-refractivity contribution in [3.05, 3.63) is 0 Å². The van der Waals surface area contributed by atoms with Crippen LogP contribution in [0, 0.1) is 0 Å². The van der Waals surface area contributed by atoms with Gasteiger partial charge in [0.1, 0.15) is 24.4 Å². The lowest BCUT2D eigenvalue weighted by atomic mass is 10.00. The third-order valence-electron chi connectivity index (χ3n) is 2.32. The second kappa shape index (κ2) is 6.44. The van der Waals surface area contributed by atoms with Gasteiger partial charge in [0, 0.05) is 0 Å². The largest absolute Gasteiger partial charge is 0.472 e. The predicted octanol–water partition coefficient (Wildman–Crippen LogP) is -2.99. The van der Waals surface area contributed by atoms with Crippen LogP contribution in [-0.2, 0) is 22.9 Å². The number of hydrogen-bond acceptors (Lipinski definition) is 8. The maximum Gasteiger partial charge on any atom is 0.472 e. The molecule has 1 heterocycles. The zero-order valence-electron chi connectivity index (χ0n) is 9.66. The molecule has 0 aliphatic carbocycles. The molecular weight excluding hydrogens is 326 g/mol. The van der Waals surface area contributed by atoms with Crippen molar-refractivity contribution < 1.29 is 57.8 Å². The van der Waals surface area contributed by atoms with E-state index in [4.69, 9.17) is 24.3 Å². The van der Waals surface area contributed by atoms with Gasteiger partial charge in [-0.2, -0.15) is 0 Å². The molecule has 0 aromatic rings. The zero-order chi connectivity index (χ0) is 15.7. The Labute approximate surface area is 112 Å². The quantitative estimate of drug-likeness (QED) is 0.250. The zero-order valence-corrected chi connectivity index (χ0v) is 11.4. The average Bonchev–Trinajstić information content (AvgIpc) is 2.25. The van der Waals surface area contributed by atoms with Crippen LogP contribution in [0.1, 0.15) is 0 Å². The fourth-order valence-electron chi connectivity index (χ4n) is 1.45. The van der Waals surface area contributed by atoms with E-state index in [0.717, 1.165) is 0 Å². The molecule has 20 heavy (non-hydrogen) atoms. The summed E-state index contributed by atoms with van der Waals surface area (Å²) in [7, 11) is -9.95. The molecule has 120 valence electrons. The van der Waals surface area contributed by atoms with Gasteiger partial charge in [-0.15, -0.1) is 0 Å². The van der Waals surface area contributed by atoms with E-state index in [-0.39, 0.29) is 0 Å². The number of hydrogen-bond donors (Lipinski definition) is 7. The number of aliphatic hydroxyl groups excluding tert-OH is 3. The van der Waals surface area contributed by atoms with Crippen molar-refractivity contribution in [2.24, 2.45) is 0 Å². The Balaban J connectivity index is 2.76. The Hall–Kier alpha value is 0.0600. The summed E-state index contributed by atoms with van der Waals surface area (Å²) in [6, 6.07) is 0. The van der Waals surface area contributed by atoms with E-state index in [9.17, 15) is 24.4 Å². The Kier molecular flexibility index (Phi) is 5.83. The number of aliphatic hydroxyl groups is 3. The van der Waals surface area contributed by atoms with E-state index in [2.05, 4.69) is 9.05 Å². The second-order valence-electron chi connectivity index (χ2n) is 3.90. The van der Waals surface area contributed by atoms with Crippen LogP contribution in [0.3, 0.4) is 0 Å². The van der Waals surface area contributed by atoms with Gasteiger partial charge in [0.2, 0.25) is 0 Å². The van der Waals surface area contributed by atoms with Crippen LogP contribution in [0.25, 0.3) is 0 Å². The summed E-state index contributed by atoms with van der Waals surface area (Å²) < 4.78 is 33.9. The Morgan fingerprint density at radius 3 is 1.90 bits per heavy atom. The Morgan fingerprint density at radius 2 is 1.45 bits per heavy atom. The number of phosphoric ester groups is 2. The monoisotopic (exact) mass is 340 g/mol. The SMILES string of the molecule is O=P(O)(O)OCC1O[C@@H](OP(=O)(O)O)[C@@H](O)C(O)[C@@H]1O. The van der Waals surface area contributed by atoms with E-state index in [1.165, 1.54) is 0 Å². The van der Waals surface area contributed by atoms with Gasteiger partial charge in [0.25, 0.3) is 0 Å². The molecule has 5 atom stereocenters. The first kappa shape index (κ1) is 18.1. The van der Waals surface area contributed by atoms with Crippen molar-refractivity contribution in [1.82, 2.24) is 0 Å². The summed E-state index contributed by atoms with van der Waals surface area (Å²) in [5.74, 6) is 0. The molecule has 0 saturated carbocycles. The lowest BCUT2D eigenvalue weighted by Crippen LogP contribution is -2.59. The van der Waals surface area contributed by atoms with E-state index in [1.54, 1.807) is 0 Å². The molecule has 12 nitrogen and oxygen atoms in total. The van der Waals surface area contributed by atoms with Gasteiger partial charge in [0.15, 0.2) is 6.29 Å². The lowest BCUT2D eigenvalue weighted by Gasteiger charge is -2.39. The Morgan fingerprint density at radius 1 is 0.900 bits per heavy atom. The molecular formula is C6H14O12P2. The molecule has 2 unspecified atom stereocenters. The number of ether oxygens (including phenoxy) is 1. The molecule has 7 N–H and O–H groups in total. The molecule has 1 rings (SSSR count). The van der Waals surface area contributed by atoms with Crippen LogP contribution in [0.2, 0.25) is 0 Å². The highest BCUT2D eigenvalue weighted by Gasteiger charge is 2.47. The van der Waals surface area contributed by atoms with Gasteiger partial charge in [-0.05, 0) is 0 Å². The summed E-state index contributed by atoms with van der Waals surface area (Å²) >= 11 is 0. The van der Waals surface area contributed by atoms with E-state index < -0.39 is 53.0 Å². The Bertz CT molecular complexity index is 412. The molecule has 1 fully saturated rings. The van der Waals surface area contributed by atoms with Crippen LogP contribution in [0.15, 0.2) is 0 Å². The minimum Gasteiger partial charge on any atom is -0.387 e. The molecule has 0 bridgehead atoms. The highest BCUT2D eigenvalue weighted by Crippen LogP contribution is 2.41. The first-order chi connectivity index (χ1) is 8.91. The van der Waals surface area contributed by atoms with Crippen molar-refractivity contribution in [3.8, 4) is 0 Å². The lowest BCUT2D eigenvalue weighted by molar-refractivity contribution is -0.279. The first-order valence-electron chi connectivity index (χ1n) is 5.04. The molecule has 14 heteroatoms. The van der Waals surface area contributed by atoms with Crippen LogP contribution >= 0.6 is 15.6 Å². The van der Waals surface area contributed by atoms with E-state index in [0.29, 0.717) is 0 Å². The molecule has 1 aliphatic heterocycles. The maximum absolute atomic E-state index is 10.6. The summed E-state index contributed by atoms with van der Waals surface area (Å²) in [6.07, 6.45) is -9.32. The summed E-state index contributed by atoms with van der Waals surface area (Å²) in [6.45, 7) is -0.907. The average molecular weight is 340 g/mol. The van der Waals surface area contributed by atoms with Gasteiger partial charge in [-0.3, -0.25) is 9.05 Å². The predicted molar refractivity (Wildman–Crippen MR) is 57.8 cm³/mol. The second-order valence-corrected chi connectivity index (χ2v) is 6.33. The summed E-state index contributed by atoms with van der Waals surface area (Å²) in [5.41, 5.74) is 0. The van der Waals surface area contributed by atoms with Crippen LogP contribution < -0.4 is 0 Å². The minimum atomic E-state index is -5.07. The van der Waals surface area contributed by atoms with Gasteiger partial charge in [0.05, 0.1) is 6.61 Å². The van der Waals surface area contributed by atoms with Crippen LogP contribution in [0.5, 0.6) is 0 Å². The first-order valence-corrected chi connectivity index (χ1v) is 8.10. The van der Waals surface area contributed by atoms with Crippen LogP contribution in [-0.4, -0.2) is 72.2 Å². The van der Waals surface area contributed by atoms with Crippen molar-refractivity contribution >= 4 is 15.6 Å². The highest BCUT2D eigenvalue weighted by atomic mass is 31.2. The minimum absolute atomic E-state index is 0.907. The van der Waals surface area contributed by atoms with Crippen LogP contribution in [0.4, 0.5) is 0 Å². The van der Waals surface area contributed by atoms with Crippen molar-refractivity contribution in [3.63, 3.8) is 0 Å². The molecule has 1 aliphatic rings. The van der Waals surface area contributed by atoms with Gasteiger partial charge >= 0.3 is 15.6 Å². The molecule has 0 amide bonds. The molecule has 0 spiro atoms. The molecule has 0 aromatic carbocycles. The topological polar surface area (TPSA) is 203 Å². The highest BCUT2D eigenvalue weighted by molar-refractivity contribution is 7.46. The fourth-order valence-corrected chi connectivity index (χ4v) is 2.23. The smallest absolute Gasteiger partial charge is 0.387 e. The number of rotatable bonds is 5. The van der Waals surface area contributed by atoms with Gasteiger partial charge < -0.3 is 39.6 Å². The summed E-state index contributed by atoms with van der Waals surface area (Å²) in [5, 5.41) is 28.4. The van der Waals surface area contributed by atoms with Gasteiger partial charge in [-0.1, -0.05) is 0 Å². The normalized spacial score (nSPS) is 36.0. The van der Waals surface area contributed by atoms with Crippen molar-refractivity contribution in [1.29, 1.82) is 0 Å². The molecule has 0 aromatic heterocycles. The maximum atomic E-state index is 10.6. The van der Waals surface area contributed by atoms with Crippen molar-refractivity contribution in [2.45, 2.75) is 30.7 Å². The third-order valence-corrected chi connectivity index (χ3v) is 3.28. The summed E-state index contributed by atoms with van der Waals surface area (Å²) in [4.78, 5) is 34.1. The van der Waals surface area contributed by atoms with E-state index >= 15 is 0 Å².